The van der Waals surface area contributed by atoms with Crippen molar-refractivity contribution in [2.45, 2.75) is 58.1 Å². The summed E-state index contributed by atoms with van der Waals surface area (Å²) in [6.45, 7) is 7.60. The van der Waals surface area contributed by atoms with E-state index in [0.717, 1.165) is 12.1 Å². The SMILES string of the molecule is CCCC(NC(=O)C(O)c1cc(F)cc(F)c1)C(=O)Nc1cc(C(C)(C)C)on1. The number of hydrogen-bond acceptors (Lipinski definition) is 5. The van der Waals surface area contributed by atoms with Crippen LogP contribution < -0.4 is 10.6 Å². The van der Waals surface area contributed by atoms with Crippen LogP contribution in [0.25, 0.3) is 0 Å². The third kappa shape index (κ3) is 6.08. The maximum Gasteiger partial charge on any atom is 0.254 e. The Hall–Kier alpha value is -2.81. The van der Waals surface area contributed by atoms with Gasteiger partial charge in [0.25, 0.3) is 5.91 Å². The molecule has 2 amide bonds. The topological polar surface area (TPSA) is 104 Å². The van der Waals surface area contributed by atoms with Gasteiger partial charge in [-0.3, -0.25) is 9.59 Å². The molecule has 7 nitrogen and oxygen atoms in total. The molecule has 0 bridgehead atoms. The van der Waals surface area contributed by atoms with E-state index in [4.69, 9.17) is 4.52 Å². The van der Waals surface area contributed by atoms with Gasteiger partial charge >= 0.3 is 0 Å². The van der Waals surface area contributed by atoms with Crippen LogP contribution in [0.15, 0.2) is 28.8 Å². The molecule has 1 aromatic heterocycles. The normalized spacial score (nSPS) is 13.6. The highest BCUT2D eigenvalue weighted by atomic mass is 19.1. The van der Waals surface area contributed by atoms with Crippen LogP contribution in [-0.2, 0) is 15.0 Å². The Kier molecular flexibility index (Phi) is 7.07. The standard InChI is InChI=1S/C20H25F2N3O4/c1-5-6-14(18(27)24-16-10-15(29-25-16)20(2,3)4)23-19(28)17(26)11-7-12(21)9-13(22)8-11/h7-10,14,17,26H,5-6H2,1-4H3,(H,23,28)(H,24,25,27). The van der Waals surface area contributed by atoms with Crippen LogP contribution >= 0.6 is 0 Å². The zero-order valence-corrected chi connectivity index (χ0v) is 16.8. The lowest BCUT2D eigenvalue weighted by Gasteiger charge is -2.19. The highest BCUT2D eigenvalue weighted by Crippen LogP contribution is 2.24. The Bertz CT molecular complexity index is 857. The van der Waals surface area contributed by atoms with Crippen molar-refractivity contribution in [2.24, 2.45) is 0 Å². The van der Waals surface area contributed by atoms with Crippen LogP contribution in [0.4, 0.5) is 14.6 Å². The quantitative estimate of drug-likeness (QED) is 0.651. The Labute approximate surface area is 167 Å². The highest BCUT2D eigenvalue weighted by molar-refractivity contribution is 5.97. The Morgan fingerprint density at radius 2 is 1.76 bits per heavy atom. The van der Waals surface area contributed by atoms with E-state index in [2.05, 4.69) is 15.8 Å². The number of aliphatic hydroxyl groups is 1. The van der Waals surface area contributed by atoms with E-state index in [1.165, 1.54) is 0 Å². The molecule has 2 rings (SSSR count). The van der Waals surface area contributed by atoms with Crippen LogP contribution in [0, 0.1) is 11.6 Å². The molecule has 3 N–H and O–H groups in total. The van der Waals surface area contributed by atoms with Gasteiger partial charge in [-0.15, -0.1) is 0 Å². The van der Waals surface area contributed by atoms with Crippen LogP contribution in [0.2, 0.25) is 0 Å². The maximum atomic E-state index is 13.3. The molecule has 1 heterocycles. The van der Waals surface area contributed by atoms with Crippen molar-refractivity contribution in [1.82, 2.24) is 10.5 Å². The first kappa shape index (κ1) is 22.5. The zero-order chi connectivity index (χ0) is 21.8. The van der Waals surface area contributed by atoms with Crippen LogP contribution in [0.5, 0.6) is 0 Å². The molecule has 0 radical (unpaired) electrons. The summed E-state index contributed by atoms with van der Waals surface area (Å²) < 4.78 is 31.9. The molecule has 0 fully saturated rings. The van der Waals surface area contributed by atoms with Gasteiger partial charge in [-0.2, -0.15) is 0 Å². The maximum absolute atomic E-state index is 13.3. The van der Waals surface area contributed by atoms with E-state index >= 15 is 0 Å². The minimum absolute atomic E-state index is 0.197. The summed E-state index contributed by atoms with van der Waals surface area (Å²) in [4.78, 5) is 24.9. The lowest BCUT2D eigenvalue weighted by Crippen LogP contribution is -2.45. The Balaban J connectivity index is 2.08. The van der Waals surface area contributed by atoms with Crippen molar-refractivity contribution in [3.8, 4) is 0 Å². The number of amides is 2. The lowest BCUT2D eigenvalue weighted by atomic mass is 9.93. The number of anilines is 1. The van der Waals surface area contributed by atoms with Gasteiger partial charge in [-0.1, -0.05) is 39.3 Å². The van der Waals surface area contributed by atoms with Gasteiger partial charge in [-0.25, -0.2) is 8.78 Å². The molecular weight excluding hydrogens is 384 g/mol. The minimum Gasteiger partial charge on any atom is -0.378 e. The van der Waals surface area contributed by atoms with Crippen molar-refractivity contribution < 1.29 is 28.0 Å². The van der Waals surface area contributed by atoms with Crippen LogP contribution in [0.3, 0.4) is 0 Å². The molecule has 9 heteroatoms. The van der Waals surface area contributed by atoms with Crippen molar-refractivity contribution in [3.63, 3.8) is 0 Å². The van der Waals surface area contributed by atoms with Crippen molar-refractivity contribution in [1.29, 1.82) is 0 Å². The van der Waals surface area contributed by atoms with E-state index in [-0.39, 0.29) is 23.2 Å². The minimum atomic E-state index is -1.83. The number of hydrogen-bond donors (Lipinski definition) is 3. The number of carbonyl (C=O) groups is 2. The number of carbonyl (C=O) groups excluding carboxylic acids is 2. The number of benzene rings is 1. The van der Waals surface area contributed by atoms with Gasteiger partial charge in [0, 0.05) is 17.5 Å². The fraction of sp³-hybridized carbons (Fsp3) is 0.450. The van der Waals surface area contributed by atoms with Crippen molar-refractivity contribution in [3.05, 3.63) is 47.2 Å². The summed E-state index contributed by atoms with van der Waals surface area (Å²) in [5.41, 5.74) is -0.542. The molecular formula is C20H25F2N3O4. The monoisotopic (exact) mass is 409 g/mol. The average molecular weight is 409 g/mol. The molecule has 2 unspecified atom stereocenters. The number of nitrogens with zero attached hydrogens (tertiary/aromatic N) is 1. The van der Waals surface area contributed by atoms with E-state index in [0.29, 0.717) is 18.2 Å². The molecule has 29 heavy (non-hydrogen) atoms. The summed E-state index contributed by atoms with van der Waals surface area (Å²) in [5.74, 6) is -2.56. The number of aliphatic hydroxyl groups excluding tert-OH is 1. The van der Waals surface area contributed by atoms with Gasteiger partial charge < -0.3 is 20.3 Å². The Morgan fingerprint density at radius 1 is 1.14 bits per heavy atom. The predicted molar refractivity (Wildman–Crippen MR) is 102 cm³/mol. The van der Waals surface area contributed by atoms with Crippen LogP contribution in [-0.4, -0.2) is 28.1 Å². The number of halogens is 2. The van der Waals surface area contributed by atoms with Gasteiger partial charge in [0.2, 0.25) is 5.91 Å². The number of nitrogens with one attached hydrogen (secondary N) is 2. The number of rotatable bonds is 7. The first-order valence-electron chi connectivity index (χ1n) is 9.23. The second kappa shape index (κ2) is 9.13. The molecule has 0 saturated heterocycles. The van der Waals surface area contributed by atoms with E-state index < -0.39 is 35.6 Å². The summed E-state index contributed by atoms with van der Waals surface area (Å²) in [6.07, 6.45) is -0.979. The van der Waals surface area contributed by atoms with Crippen molar-refractivity contribution in [2.75, 3.05) is 5.32 Å². The molecule has 0 saturated carbocycles. The van der Waals surface area contributed by atoms with E-state index in [1.807, 2.05) is 27.7 Å². The van der Waals surface area contributed by atoms with Crippen molar-refractivity contribution >= 4 is 17.6 Å². The fourth-order valence-electron chi connectivity index (χ4n) is 2.59. The van der Waals surface area contributed by atoms with Gasteiger partial charge in [0.05, 0.1) is 0 Å². The van der Waals surface area contributed by atoms with Crippen LogP contribution in [0.1, 0.15) is 58.0 Å². The lowest BCUT2D eigenvalue weighted by molar-refractivity contribution is -0.133. The molecule has 2 aromatic rings. The molecule has 0 aliphatic heterocycles. The summed E-state index contributed by atoms with van der Waals surface area (Å²) in [6, 6.07) is 2.95. The molecule has 158 valence electrons. The summed E-state index contributed by atoms with van der Waals surface area (Å²) in [7, 11) is 0. The third-order valence-electron chi connectivity index (χ3n) is 4.16. The average Bonchev–Trinajstić information content (AvgIpc) is 3.08. The molecule has 0 aliphatic rings. The number of aromatic nitrogens is 1. The second-order valence-corrected chi connectivity index (χ2v) is 7.77. The highest BCUT2D eigenvalue weighted by Gasteiger charge is 2.27. The van der Waals surface area contributed by atoms with Gasteiger partial charge in [0.15, 0.2) is 11.9 Å². The van der Waals surface area contributed by atoms with Gasteiger partial charge in [0.1, 0.15) is 23.4 Å². The van der Waals surface area contributed by atoms with Gasteiger partial charge in [-0.05, 0) is 24.1 Å². The first-order chi connectivity index (χ1) is 13.5. The zero-order valence-electron chi connectivity index (χ0n) is 16.8. The third-order valence-corrected chi connectivity index (χ3v) is 4.16. The molecule has 0 spiro atoms. The largest absolute Gasteiger partial charge is 0.378 e. The van der Waals surface area contributed by atoms with E-state index in [9.17, 15) is 23.5 Å². The second-order valence-electron chi connectivity index (χ2n) is 7.77. The fourth-order valence-corrected chi connectivity index (χ4v) is 2.59. The summed E-state index contributed by atoms with van der Waals surface area (Å²) >= 11 is 0. The van der Waals surface area contributed by atoms with E-state index in [1.54, 1.807) is 6.07 Å². The predicted octanol–water partition coefficient (Wildman–Crippen LogP) is 3.21. The first-order valence-corrected chi connectivity index (χ1v) is 9.23. The molecule has 0 aliphatic carbocycles. The smallest absolute Gasteiger partial charge is 0.254 e. The molecule has 1 aromatic carbocycles. The summed E-state index contributed by atoms with van der Waals surface area (Å²) in [5, 5.41) is 18.9. The molecule has 2 atom stereocenters. The Morgan fingerprint density at radius 3 is 2.28 bits per heavy atom.